The molecule has 0 aromatic carbocycles. The van der Waals surface area contributed by atoms with Crippen molar-refractivity contribution < 1.29 is 0 Å². The maximum Gasteiger partial charge on any atom is 0.124 e. The van der Waals surface area contributed by atoms with Crippen molar-refractivity contribution in [2.75, 3.05) is 6.54 Å². The molecule has 0 radical (unpaired) electrons. The number of nitrogens with one attached hydrogen (secondary N) is 1. The van der Waals surface area contributed by atoms with Gasteiger partial charge < -0.3 is 5.32 Å². The molecule has 0 atom stereocenters. The second-order valence-corrected chi connectivity index (χ2v) is 5.79. The molecule has 0 aliphatic carbocycles. The minimum Gasteiger partial charge on any atom is -0.312 e. The smallest absolute Gasteiger partial charge is 0.124 e. The molecule has 0 unspecified atom stereocenters. The Morgan fingerprint density at radius 1 is 1.35 bits per heavy atom. The molecule has 0 amide bonds. The lowest BCUT2D eigenvalue weighted by Crippen LogP contribution is -2.11. The highest BCUT2D eigenvalue weighted by Gasteiger charge is 2.11. The maximum absolute atomic E-state index is 4.78. The van der Waals surface area contributed by atoms with E-state index in [1.54, 1.807) is 11.3 Å². The number of hydrogen-bond donors (Lipinski definition) is 1. The third-order valence-electron chi connectivity index (χ3n) is 2.57. The molecule has 0 aliphatic heterocycles. The highest BCUT2D eigenvalue weighted by atomic mass is 32.1. The minimum atomic E-state index is 0.952. The second kappa shape index (κ2) is 6.28. The minimum absolute atomic E-state index is 0.952. The van der Waals surface area contributed by atoms with Crippen LogP contribution in [-0.4, -0.2) is 11.5 Å². The fraction of sp³-hybridized carbons (Fsp3) is 0.462. The molecule has 0 bridgehead atoms. The zero-order valence-corrected chi connectivity index (χ0v) is 12.0. The third-order valence-corrected chi connectivity index (χ3v) is 4.40. The zero-order chi connectivity index (χ0) is 12.1. The topological polar surface area (TPSA) is 24.9 Å². The zero-order valence-electron chi connectivity index (χ0n) is 10.3. The lowest BCUT2D eigenvalue weighted by molar-refractivity contribution is 0.723. The first kappa shape index (κ1) is 12.7. The molecule has 2 rings (SSSR count). The normalized spacial score (nSPS) is 10.9. The van der Waals surface area contributed by atoms with E-state index in [4.69, 9.17) is 4.98 Å². The summed E-state index contributed by atoms with van der Waals surface area (Å²) in [5.74, 6) is 0. The number of thiazole rings is 1. The van der Waals surface area contributed by atoms with Gasteiger partial charge in [0.25, 0.3) is 0 Å². The van der Waals surface area contributed by atoms with Gasteiger partial charge in [-0.05, 0) is 24.4 Å². The van der Waals surface area contributed by atoms with Crippen LogP contribution in [0.15, 0.2) is 16.8 Å². The highest BCUT2D eigenvalue weighted by Crippen LogP contribution is 2.30. The Balaban J connectivity index is 2.24. The predicted octanol–water partition coefficient (Wildman–Crippen LogP) is 3.93. The van der Waals surface area contributed by atoms with Crippen LogP contribution in [0.3, 0.4) is 0 Å². The second-order valence-electron chi connectivity index (χ2n) is 3.93. The molecule has 2 aromatic rings. The number of aromatic nitrogens is 1. The van der Waals surface area contributed by atoms with E-state index in [1.165, 1.54) is 21.1 Å². The van der Waals surface area contributed by atoms with E-state index in [9.17, 15) is 0 Å². The van der Waals surface area contributed by atoms with Crippen LogP contribution < -0.4 is 5.32 Å². The summed E-state index contributed by atoms with van der Waals surface area (Å²) in [6.45, 7) is 6.31. The van der Waals surface area contributed by atoms with Crippen molar-refractivity contribution in [1.29, 1.82) is 0 Å². The first-order valence-corrected chi connectivity index (χ1v) is 7.83. The molecule has 92 valence electrons. The van der Waals surface area contributed by atoms with Crippen molar-refractivity contribution in [2.45, 2.75) is 33.2 Å². The van der Waals surface area contributed by atoms with Gasteiger partial charge in [0.05, 0.1) is 5.69 Å². The summed E-state index contributed by atoms with van der Waals surface area (Å²) in [4.78, 5) is 6.18. The Kier molecular flexibility index (Phi) is 4.71. The highest BCUT2D eigenvalue weighted by molar-refractivity contribution is 7.15. The van der Waals surface area contributed by atoms with Gasteiger partial charge in [-0.2, -0.15) is 11.3 Å². The molecule has 0 aliphatic rings. The Hall–Kier alpha value is -0.710. The van der Waals surface area contributed by atoms with Crippen molar-refractivity contribution in [1.82, 2.24) is 10.3 Å². The van der Waals surface area contributed by atoms with E-state index in [2.05, 4.69) is 36.0 Å². The Bertz CT molecular complexity index is 446. The summed E-state index contributed by atoms with van der Waals surface area (Å²) >= 11 is 3.56. The van der Waals surface area contributed by atoms with E-state index in [-0.39, 0.29) is 0 Å². The Morgan fingerprint density at radius 3 is 2.88 bits per heavy atom. The largest absolute Gasteiger partial charge is 0.312 e. The lowest BCUT2D eigenvalue weighted by atomic mass is 10.2. The summed E-state index contributed by atoms with van der Waals surface area (Å²) in [6, 6.07) is 2.15. The van der Waals surface area contributed by atoms with E-state index < -0.39 is 0 Å². The summed E-state index contributed by atoms with van der Waals surface area (Å²) in [5.41, 5.74) is 2.54. The first-order chi connectivity index (χ1) is 8.35. The number of nitrogens with zero attached hydrogens (tertiary/aromatic N) is 1. The number of rotatable bonds is 6. The van der Waals surface area contributed by atoms with Gasteiger partial charge in [0.15, 0.2) is 0 Å². The van der Waals surface area contributed by atoms with Crippen LogP contribution in [-0.2, 0) is 13.0 Å². The summed E-state index contributed by atoms with van der Waals surface area (Å²) in [7, 11) is 0. The van der Waals surface area contributed by atoms with Crippen molar-refractivity contribution in [2.24, 2.45) is 0 Å². The van der Waals surface area contributed by atoms with Gasteiger partial charge in [-0.3, -0.25) is 0 Å². The number of thiophene rings is 1. The van der Waals surface area contributed by atoms with E-state index in [1.807, 2.05) is 11.3 Å². The SMILES string of the molecule is CCCc1nc(-c2ccsc2)sc1CNCC. The van der Waals surface area contributed by atoms with E-state index >= 15 is 0 Å². The Morgan fingerprint density at radius 2 is 2.24 bits per heavy atom. The standard InChI is InChI=1S/C13H18N2S2/c1-3-5-11-12(8-14-4-2)17-13(15-11)10-6-7-16-9-10/h6-7,9,14H,3-5,8H2,1-2H3. The molecule has 0 saturated heterocycles. The van der Waals surface area contributed by atoms with Crippen LogP contribution in [0, 0.1) is 0 Å². The van der Waals surface area contributed by atoms with Crippen molar-refractivity contribution in [3.63, 3.8) is 0 Å². The van der Waals surface area contributed by atoms with Crippen LogP contribution in [0.2, 0.25) is 0 Å². The molecule has 2 heterocycles. The molecule has 2 nitrogen and oxygen atoms in total. The van der Waals surface area contributed by atoms with Gasteiger partial charge in [-0.1, -0.05) is 20.3 Å². The summed E-state index contributed by atoms with van der Waals surface area (Å²) in [6.07, 6.45) is 2.24. The molecule has 1 N–H and O–H groups in total. The fourth-order valence-electron chi connectivity index (χ4n) is 1.70. The molecule has 17 heavy (non-hydrogen) atoms. The predicted molar refractivity (Wildman–Crippen MR) is 76.8 cm³/mol. The van der Waals surface area contributed by atoms with Crippen LogP contribution in [0.4, 0.5) is 0 Å². The third kappa shape index (κ3) is 3.15. The van der Waals surface area contributed by atoms with Gasteiger partial charge in [-0.15, -0.1) is 11.3 Å². The van der Waals surface area contributed by atoms with Crippen LogP contribution in [0.5, 0.6) is 0 Å². The van der Waals surface area contributed by atoms with E-state index in [0.717, 1.165) is 25.9 Å². The lowest BCUT2D eigenvalue weighted by Gasteiger charge is -2.00. The van der Waals surface area contributed by atoms with Gasteiger partial charge in [0.1, 0.15) is 5.01 Å². The van der Waals surface area contributed by atoms with Crippen LogP contribution in [0.25, 0.3) is 10.6 Å². The Labute approximate surface area is 111 Å². The average Bonchev–Trinajstić information content (AvgIpc) is 2.95. The van der Waals surface area contributed by atoms with Crippen molar-refractivity contribution >= 4 is 22.7 Å². The maximum atomic E-state index is 4.78. The quantitative estimate of drug-likeness (QED) is 0.857. The first-order valence-electron chi connectivity index (χ1n) is 6.07. The molecular formula is C13H18N2S2. The van der Waals surface area contributed by atoms with Gasteiger partial charge in [-0.25, -0.2) is 4.98 Å². The monoisotopic (exact) mass is 266 g/mol. The average molecular weight is 266 g/mol. The molecular weight excluding hydrogens is 248 g/mol. The van der Waals surface area contributed by atoms with Crippen LogP contribution in [0.1, 0.15) is 30.8 Å². The molecule has 0 spiro atoms. The van der Waals surface area contributed by atoms with Crippen molar-refractivity contribution in [3.8, 4) is 10.6 Å². The molecule has 0 fully saturated rings. The summed E-state index contributed by atoms with van der Waals surface area (Å²) in [5, 5.41) is 8.85. The molecule has 2 aromatic heterocycles. The molecule has 0 saturated carbocycles. The molecule has 4 heteroatoms. The van der Waals surface area contributed by atoms with E-state index in [0.29, 0.717) is 0 Å². The van der Waals surface area contributed by atoms with Gasteiger partial charge in [0, 0.05) is 22.4 Å². The fourth-order valence-corrected chi connectivity index (χ4v) is 3.49. The van der Waals surface area contributed by atoms with Crippen LogP contribution >= 0.6 is 22.7 Å². The summed E-state index contributed by atoms with van der Waals surface area (Å²) < 4.78 is 0. The number of hydrogen-bond acceptors (Lipinski definition) is 4. The van der Waals surface area contributed by atoms with Gasteiger partial charge >= 0.3 is 0 Å². The number of aryl methyl sites for hydroxylation is 1. The van der Waals surface area contributed by atoms with Gasteiger partial charge in [0.2, 0.25) is 0 Å². The van der Waals surface area contributed by atoms with Crippen molar-refractivity contribution in [3.05, 3.63) is 27.4 Å².